The Balaban J connectivity index is 0.00000324. The number of carbonyl (C=O) groups is 1. The summed E-state index contributed by atoms with van der Waals surface area (Å²) in [5.74, 6) is -0.408. The van der Waals surface area contributed by atoms with E-state index in [2.05, 4.69) is 4.74 Å². The number of halogens is 1. The molecule has 0 unspecified atom stereocenters. The van der Waals surface area contributed by atoms with E-state index in [9.17, 15) is 9.90 Å². The summed E-state index contributed by atoms with van der Waals surface area (Å²) in [6, 6.07) is 6.31. The van der Waals surface area contributed by atoms with E-state index in [1.54, 1.807) is 24.3 Å². The molecule has 0 aromatic heterocycles. The minimum atomic E-state index is -0.689. The number of rotatable bonds is 3. The van der Waals surface area contributed by atoms with Gasteiger partial charge in [0.05, 0.1) is 24.8 Å². The molecule has 1 rings (SSSR count). The molecule has 4 nitrogen and oxygen atoms in total. The van der Waals surface area contributed by atoms with Crippen LogP contribution in [0.2, 0.25) is 0 Å². The summed E-state index contributed by atoms with van der Waals surface area (Å²) in [5, 5.41) is 10.2. The average molecular weight is 288 g/mol. The van der Waals surface area contributed by atoms with Crippen molar-refractivity contribution in [3.8, 4) is 0 Å². The van der Waals surface area contributed by atoms with Gasteiger partial charge in [-0.05, 0) is 23.1 Å². The minimum Gasteiger partial charge on any atom is -0.465 e. The van der Waals surface area contributed by atoms with Crippen LogP contribution < -0.4 is 5.73 Å². The van der Waals surface area contributed by atoms with Crippen LogP contribution in [0, 0.1) is 5.41 Å². The molecule has 3 N–H and O–H groups in total. The zero-order chi connectivity index (χ0) is 13.9. The standard InChI is InChI=1S/C14H21NO3.ClH/c1-14(2,3)12(16)11(15)9-6-5-7-10(8-9)13(17)18-4;/h5-8,11-12,16H,15H2,1-4H3;1H/t11-,12-;/m1./s1. The molecular weight excluding hydrogens is 266 g/mol. The van der Waals surface area contributed by atoms with Gasteiger partial charge in [0.15, 0.2) is 0 Å². The Morgan fingerprint density at radius 3 is 2.42 bits per heavy atom. The van der Waals surface area contributed by atoms with E-state index in [-0.39, 0.29) is 17.8 Å². The van der Waals surface area contributed by atoms with Gasteiger partial charge in [-0.1, -0.05) is 32.9 Å². The quantitative estimate of drug-likeness (QED) is 0.837. The van der Waals surface area contributed by atoms with Crippen molar-refractivity contribution in [2.75, 3.05) is 7.11 Å². The highest BCUT2D eigenvalue weighted by Crippen LogP contribution is 2.28. The number of ether oxygens (including phenoxy) is 1. The van der Waals surface area contributed by atoms with Crippen LogP contribution >= 0.6 is 12.4 Å². The number of esters is 1. The van der Waals surface area contributed by atoms with Crippen molar-refractivity contribution >= 4 is 18.4 Å². The summed E-state index contributed by atoms with van der Waals surface area (Å²) in [7, 11) is 1.33. The van der Waals surface area contributed by atoms with E-state index in [1.807, 2.05) is 20.8 Å². The Morgan fingerprint density at radius 2 is 1.95 bits per heavy atom. The van der Waals surface area contributed by atoms with Gasteiger partial charge in [0.2, 0.25) is 0 Å². The summed E-state index contributed by atoms with van der Waals surface area (Å²) >= 11 is 0. The number of methoxy groups -OCH3 is 1. The van der Waals surface area contributed by atoms with Crippen LogP contribution in [0.25, 0.3) is 0 Å². The Labute approximate surface area is 120 Å². The molecule has 0 fully saturated rings. The maximum atomic E-state index is 11.4. The number of carbonyl (C=O) groups excluding carboxylic acids is 1. The molecule has 0 heterocycles. The first kappa shape index (κ1) is 17.9. The Bertz CT molecular complexity index is 429. The maximum absolute atomic E-state index is 11.4. The smallest absolute Gasteiger partial charge is 0.337 e. The van der Waals surface area contributed by atoms with Crippen LogP contribution in [0.4, 0.5) is 0 Å². The van der Waals surface area contributed by atoms with Gasteiger partial charge < -0.3 is 15.6 Å². The Kier molecular flexibility index (Phi) is 6.49. The fraction of sp³-hybridized carbons (Fsp3) is 0.500. The molecule has 0 bridgehead atoms. The molecule has 2 atom stereocenters. The van der Waals surface area contributed by atoms with Crippen molar-refractivity contribution in [3.63, 3.8) is 0 Å². The molecule has 0 saturated heterocycles. The van der Waals surface area contributed by atoms with E-state index in [0.717, 1.165) is 5.56 Å². The van der Waals surface area contributed by atoms with Gasteiger partial charge in [-0.25, -0.2) is 4.79 Å². The Morgan fingerprint density at radius 1 is 1.37 bits per heavy atom. The summed E-state index contributed by atoms with van der Waals surface area (Å²) in [5.41, 5.74) is 6.87. The highest BCUT2D eigenvalue weighted by atomic mass is 35.5. The minimum absolute atomic E-state index is 0. The van der Waals surface area contributed by atoms with Crippen molar-refractivity contribution in [2.24, 2.45) is 11.1 Å². The third-order valence-electron chi connectivity index (χ3n) is 2.92. The highest BCUT2D eigenvalue weighted by Gasteiger charge is 2.29. The van der Waals surface area contributed by atoms with E-state index in [0.29, 0.717) is 5.56 Å². The van der Waals surface area contributed by atoms with E-state index < -0.39 is 18.1 Å². The first-order chi connectivity index (χ1) is 8.27. The van der Waals surface area contributed by atoms with Gasteiger partial charge in [0, 0.05) is 0 Å². The van der Waals surface area contributed by atoms with Crippen LogP contribution in [0.15, 0.2) is 24.3 Å². The molecular formula is C14H22ClNO3. The van der Waals surface area contributed by atoms with Crippen LogP contribution in [0.3, 0.4) is 0 Å². The first-order valence-corrected chi connectivity index (χ1v) is 5.89. The monoisotopic (exact) mass is 287 g/mol. The summed E-state index contributed by atoms with van der Waals surface area (Å²) in [6.45, 7) is 5.76. The highest BCUT2D eigenvalue weighted by molar-refractivity contribution is 5.89. The van der Waals surface area contributed by atoms with E-state index in [4.69, 9.17) is 5.73 Å². The van der Waals surface area contributed by atoms with Crippen molar-refractivity contribution < 1.29 is 14.6 Å². The molecule has 0 spiro atoms. The fourth-order valence-electron chi connectivity index (χ4n) is 1.71. The number of nitrogens with two attached hydrogens (primary N) is 1. The molecule has 19 heavy (non-hydrogen) atoms. The van der Waals surface area contributed by atoms with Gasteiger partial charge >= 0.3 is 5.97 Å². The largest absolute Gasteiger partial charge is 0.465 e. The first-order valence-electron chi connectivity index (χ1n) is 5.89. The third-order valence-corrected chi connectivity index (χ3v) is 2.92. The SMILES string of the molecule is COC(=O)c1cccc([C@@H](N)[C@@H](O)C(C)(C)C)c1.Cl. The van der Waals surface area contributed by atoms with Crippen LogP contribution in [0.5, 0.6) is 0 Å². The molecule has 0 saturated carbocycles. The predicted molar refractivity (Wildman–Crippen MR) is 77.4 cm³/mol. The predicted octanol–water partition coefficient (Wildman–Crippen LogP) is 2.30. The number of aliphatic hydroxyl groups is 1. The fourth-order valence-corrected chi connectivity index (χ4v) is 1.71. The van der Waals surface area contributed by atoms with E-state index >= 15 is 0 Å². The summed E-state index contributed by atoms with van der Waals surface area (Å²) in [4.78, 5) is 11.4. The van der Waals surface area contributed by atoms with Gasteiger partial charge in [0.1, 0.15) is 0 Å². The summed E-state index contributed by atoms with van der Waals surface area (Å²) < 4.78 is 4.66. The zero-order valence-electron chi connectivity index (χ0n) is 11.7. The van der Waals surface area contributed by atoms with Crippen molar-refractivity contribution in [2.45, 2.75) is 32.9 Å². The maximum Gasteiger partial charge on any atom is 0.337 e. The van der Waals surface area contributed by atoms with Crippen molar-refractivity contribution in [1.29, 1.82) is 0 Å². The van der Waals surface area contributed by atoms with Crippen LogP contribution in [0.1, 0.15) is 42.7 Å². The van der Waals surface area contributed by atoms with Crippen molar-refractivity contribution in [3.05, 3.63) is 35.4 Å². The normalized spacial score (nSPS) is 14.2. The second-order valence-electron chi connectivity index (χ2n) is 5.45. The number of benzene rings is 1. The average Bonchev–Trinajstić information content (AvgIpc) is 2.35. The molecule has 0 aliphatic heterocycles. The lowest BCUT2D eigenvalue weighted by Gasteiger charge is -2.31. The number of hydrogen-bond acceptors (Lipinski definition) is 4. The number of aliphatic hydroxyl groups excluding tert-OH is 1. The molecule has 108 valence electrons. The Hall–Kier alpha value is -1.10. The van der Waals surface area contributed by atoms with Crippen LogP contribution in [-0.4, -0.2) is 24.3 Å². The second kappa shape index (κ2) is 6.89. The van der Waals surface area contributed by atoms with Gasteiger partial charge in [0.25, 0.3) is 0 Å². The molecule has 1 aromatic carbocycles. The topological polar surface area (TPSA) is 72.5 Å². The lowest BCUT2D eigenvalue weighted by Crippen LogP contribution is -2.37. The van der Waals surface area contributed by atoms with Gasteiger partial charge in [-0.2, -0.15) is 0 Å². The summed E-state index contributed by atoms with van der Waals surface area (Å²) in [6.07, 6.45) is -0.689. The van der Waals surface area contributed by atoms with Gasteiger partial charge in [-0.15, -0.1) is 12.4 Å². The number of hydrogen-bond donors (Lipinski definition) is 2. The van der Waals surface area contributed by atoms with Crippen LogP contribution in [-0.2, 0) is 4.74 Å². The molecule has 0 radical (unpaired) electrons. The van der Waals surface area contributed by atoms with Crippen molar-refractivity contribution in [1.82, 2.24) is 0 Å². The molecule has 0 amide bonds. The second-order valence-corrected chi connectivity index (χ2v) is 5.45. The molecule has 1 aromatic rings. The zero-order valence-corrected chi connectivity index (χ0v) is 12.5. The lowest BCUT2D eigenvalue weighted by molar-refractivity contribution is 0.0400. The van der Waals surface area contributed by atoms with E-state index in [1.165, 1.54) is 7.11 Å². The molecule has 0 aliphatic carbocycles. The third kappa shape index (κ3) is 4.49. The molecule has 5 heteroatoms. The van der Waals surface area contributed by atoms with Gasteiger partial charge in [-0.3, -0.25) is 0 Å². The molecule has 0 aliphatic rings. The lowest BCUT2D eigenvalue weighted by atomic mass is 9.82.